The number of carbonyl (C=O) groups excluding carboxylic acids is 2. The highest BCUT2D eigenvalue weighted by atomic mass is 32.2. The van der Waals surface area contributed by atoms with E-state index in [1.807, 2.05) is 0 Å². The Labute approximate surface area is 68.8 Å². The molecular formula is C7H8O3S. The third kappa shape index (κ3) is 2.08. The summed E-state index contributed by atoms with van der Waals surface area (Å²) < 4.78 is 4.34. The van der Waals surface area contributed by atoms with Crippen molar-refractivity contribution in [2.45, 2.75) is 11.7 Å². The average Bonchev–Trinajstić information content (AvgIpc) is 2.26. The number of cyclic esters (lactones) is 2. The van der Waals surface area contributed by atoms with Crippen LogP contribution in [-0.4, -0.2) is 22.9 Å². The second kappa shape index (κ2) is 3.57. The van der Waals surface area contributed by atoms with E-state index in [-0.39, 0.29) is 11.7 Å². The van der Waals surface area contributed by atoms with Gasteiger partial charge in [0, 0.05) is 5.75 Å². The lowest BCUT2D eigenvalue weighted by Gasteiger charge is -1.98. The molecular weight excluding hydrogens is 164 g/mol. The summed E-state index contributed by atoms with van der Waals surface area (Å²) in [5, 5.41) is -0.305. The van der Waals surface area contributed by atoms with Crippen molar-refractivity contribution in [3.05, 3.63) is 12.7 Å². The number of thioether (sulfide) groups is 1. The Hall–Kier alpha value is -0.770. The zero-order valence-electron chi connectivity index (χ0n) is 5.91. The fraction of sp³-hybridized carbons (Fsp3) is 0.429. The summed E-state index contributed by atoms with van der Waals surface area (Å²) in [7, 11) is 0. The minimum Gasteiger partial charge on any atom is -0.392 e. The Bertz CT molecular complexity index is 200. The minimum atomic E-state index is -0.420. The lowest BCUT2D eigenvalue weighted by atomic mass is 10.4. The molecule has 3 nitrogen and oxygen atoms in total. The van der Waals surface area contributed by atoms with Gasteiger partial charge in [-0.05, 0) is 0 Å². The van der Waals surface area contributed by atoms with Gasteiger partial charge in [-0.1, -0.05) is 6.08 Å². The first kappa shape index (κ1) is 8.33. The van der Waals surface area contributed by atoms with Gasteiger partial charge in [0.25, 0.3) is 0 Å². The summed E-state index contributed by atoms with van der Waals surface area (Å²) in [5.41, 5.74) is 0. The van der Waals surface area contributed by atoms with Crippen LogP contribution in [0.3, 0.4) is 0 Å². The van der Waals surface area contributed by atoms with Gasteiger partial charge in [-0.2, -0.15) is 0 Å². The first-order valence-electron chi connectivity index (χ1n) is 3.21. The molecule has 1 aliphatic rings. The van der Waals surface area contributed by atoms with Crippen LogP contribution in [0.5, 0.6) is 0 Å². The molecule has 1 unspecified atom stereocenters. The number of ether oxygens (including phenoxy) is 1. The van der Waals surface area contributed by atoms with Gasteiger partial charge in [-0.25, -0.2) is 0 Å². The Morgan fingerprint density at radius 2 is 2.45 bits per heavy atom. The first-order chi connectivity index (χ1) is 5.24. The molecule has 0 amide bonds. The molecule has 1 heterocycles. The normalized spacial score (nSPS) is 23.5. The maximum absolute atomic E-state index is 10.8. The third-order valence-electron chi connectivity index (χ3n) is 1.24. The van der Waals surface area contributed by atoms with Crippen molar-refractivity contribution in [2.24, 2.45) is 0 Å². The molecule has 11 heavy (non-hydrogen) atoms. The van der Waals surface area contributed by atoms with Crippen molar-refractivity contribution >= 4 is 23.7 Å². The fourth-order valence-electron chi connectivity index (χ4n) is 0.765. The maximum atomic E-state index is 10.8. The van der Waals surface area contributed by atoms with E-state index in [0.717, 1.165) is 0 Å². The summed E-state index contributed by atoms with van der Waals surface area (Å²) in [6.07, 6.45) is 1.90. The predicted octanol–water partition coefficient (Wildman–Crippen LogP) is 0.748. The van der Waals surface area contributed by atoms with Crippen molar-refractivity contribution < 1.29 is 14.3 Å². The molecule has 60 valence electrons. The standard InChI is InChI=1S/C7H8O3S/c1-2-3-11-5-4-6(8)10-7(5)9/h2,5H,1,3-4H2. The molecule has 0 radical (unpaired) electrons. The van der Waals surface area contributed by atoms with Crippen LogP contribution in [-0.2, 0) is 14.3 Å². The second-order valence-electron chi connectivity index (χ2n) is 2.11. The molecule has 0 saturated carbocycles. The smallest absolute Gasteiger partial charge is 0.327 e. The molecule has 0 aromatic heterocycles. The van der Waals surface area contributed by atoms with Crippen molar-refractivity contribution in [3.63, 3.8) is 0 Å². The Morgan fingerprint density at radius 3 is 2.91 bits per heavy atom. The van der Waals surface area contributed by atoms with Gasteiger partial charge >= 0.3 is 11.9 Å². The van der Waals surface area contributed by atoms with Crippen molar-refractivity contribution in [3.8, 4) is 0 Å². The fourth-order valence-corrected chi connectivity index (χ4v) is 1.57. The van der Waals surface area contributed by atoms with E-state index in [9.17, 15) is 9.59 Å². The Balaban J connectivity index is 2.40. The molecule has 0 aliphatic carbocycles. The summed E-state index contributed by atoms with van der Waals surface area (Å²) in [6, 6.07) is 0. The predicted molar refractivity (Wildman–Crippen MR) is 42.2 cm³/mol. The lowest BCUT2D eigenvalue weighted by molar-refractivity contribution is -0.151. The average molecular weight is 172 g/mol. The summed E-state index contributed by atoms with van der Waals surface area (Å²) in [6.45, 7) is 3.51. The monoisotopic (exact) mass is 172 g/mol. The van der Waals surface area contributed by atoms with Crippen LogP contribution in [0.4, 0.5) is 0 Å². The Kier molecular flexibility index (Phi) is 2.70. The molecule has 1 aliphatic heterocycles. The Morgan fingerprint density at radius 1 is 1.73 bits per heavy atom. The number of rotatable bonds is 3. The highest BCUT2D eigenvalue weighted by molar-refractivity contribution is 8.00. The highest BCUT2D eigenvalue weighted by Gasteiger charge is 2.33. The molecule has 0 N–H and O–H groups in total. The van der Waals surface area contributed by atoms with E-state index in [1.165, 1.54) is 11.8 Å². The van der Waals surface area contributed by atoms with Crippen LogP contribution < -0.4 is 0 Å². The van der Waals surface area contributed by atoms with E-state index < -0.39 is 11.9 Å². The number of carbonyl (C=O) groups is 2. The molecule has 1 rings (SSSR count). The van der Waals surface area contributed by atoms with Gasteiger partial charge in [0.15, 0.2) is 0 Å². The molecule has 0 spiro atoms. The van der Waals surface area contributed by atoms with Crippen LogP contribution >= 0.6 is 11.8 Å². The van der Waals surface area contributed by atoms with Gasteiger partial charge in [0.1, 0.15) is 5.25 Å². The minimum absolute atomic E-state index is 0.206. The molecule has 4 heteroatoms. The SMILES string of the molecule is C=CCSC1CC(=O)OC1=O. The molecule has 0 aromatic rings. The van der Waals surface area contributed by atoms with E-state index in [2.05, 4.69) is 11.3 Å². The zero-order chi connectivity index (χ0) is 8.27. The highest BCUT2D eigenvalue weighted by Crippen LogP contribution is 2.22. The summed E-state index contributed by atoms with van der Waals surface area (Å²) in [4.78, 5) is 21.3. The van der Waals surface area contributed by atoms with Crippen molar-refractivity contribution in [1.82, 2.24) is 0 Å². The van der Waals surface area contributed by atoms with Crippen LogP contribution in [0.15, 0.2) is 12.7 Å². The first-order valence-corrected chi connectivity index (χ1v) is 4.26. The van der Waals surface area contributed by atoms with Gasteiger partial charge in [0.2, 0.25) is 0 Å². The second-order valence-corrected chi connectivity index (χ2v) is 3.34. The number of hydrogen-bond donors (Lipinski definition) is 0. The van der Waals surface area contributed by atoms with E-state index >= 15 is 0 Å². The molecule has 0 aromatic carbocycles. The quantitative estimate of drug-likeness (QED) is 0.358. The van der Waals surface area contributed by atoms with Gasteiger partial charge < -0.3 is 4.74 Å². The van der Waals surface area contributed by atoms with Gasteiger partial charge in [-0.15, -0.1) is 18.3 Å². The zero-order valence-corrected chi connectivity index (χ0v) is 6.73. The maximum Gasteiger partial charge on any atom is 0.327 e. The van der Waals surface area contributed by atoms with E-state index in [1.54, 1.807) is 6.08 Å². The molecule has 1 saturated heterocycles. The largest absolute Gasteiger partial charge is 0.392 e. The molecule has 1 atom stereocenters. The van der Waals surface area contributed by atoms with Gasteiger partial charge in [-0.3, -0.25) is 9.59 Å². The van der Waals surface area contributed by atoms with E-state index in [4.69, 9.17) is 0 Å². The van der Waals surface area contributed by atoms with Crippen molar-refractivity contribution in [1.29, 1.82) is 0 Å². The summed E-state index contributed by atoms with van der Waals surface area (Å²) >= 11 is 1.38. The van der Waals surface area contributed by atoms with Crippen LogP contribution in [0, 0.1) is 0 Å². The molecule has 0 bridgehead atoms. The van der Waals surface area contributed by atoms with Gasteiger partial charge in [0.05, 0.1) is 6.42 Å². The van der Waals surface area contributed by atoms with Crippen molar-refractivity contribution in [2.75, 3.05) is 5.75 Å². The molecule has 1 fully saturated rings. The number of esters is 2. The number of hydrogen-bond acceptors (Lipinski definition) is 4. The summed E-state index contributed by atoms with van der Waals surface area (Å²) in [5.74, 6) is -0.161. The van der Waals surface area contributed by atoms with E-state index in [0.29, 0.717) is 5.75 Å². The van der Waals surface area contributed by atoms with Crippen LogP contribution in [0.1, 0.15) is 6.42 Å². The van der Waals surface area contributed by atoms with Crippen LogP contribution in [0.2, 0.25) is 0 Å². The van der Waals surface area contributed by atoms with Crippen LogP contribution in [0.25, 0.3) is 0 Å². The third-order valence-corrected chi connectivity index (χ3v) is 2.43. The topological polar surface area (TPSA) is 43.4 Å². The lowest BCUT2D eigenvalue weighted by Crippen LogP contribution is -2.09.